The van der Waals surface area contributed by atoms with Crippen LogP contribution in [0.4, 0.5) is 0 Å². The molecule has 0 aromatic rings. The van der Waals surface area contributed by atoms with Crippen molar-refractivity contribution in [2.75, 3.05) is 18.8 Å². The van der Waals surface area contributed by atoms with E-state index in [1.54, 1.807) is 4.31 Å². The number of nitrogens with zero attached hydrogens (tertiary/aromatic N) is 1. The van der Waals surface area contributed by atoms with E-state index in [1.165, 1.54) is 0 Å². The number of nitrogens with one attached hydrogen (secondary N) is 1. The van der Waals surface area contributed by atoms with Crippen molar-refractivity contribution in [3.8, 4) is 0 Å². The maximum absolute atomic E-state index is 12.2. The van der Waals surface area contributed by atoms with Crippen LogP contribution in [-0.4, -0.2) is 43.6 Å². The van der Waals surface area contributed by atoms with Gasteiger partial charge in [0.2, 0.25) is 10.0 Å². The predicted molar refractivity (Wildman–Crippen MR) is 71.5 cm³/mol. The fraction of sp³-hybridized carbons (Fsp3) is 1.00. The van der Waals surface area contributed by atoms with Gasteiger partial charge in [-0.2, -0.15) is 4.31 Å². The van der Waals surface area contributed by atoms with Crippen LogP contribution in [0.5, 0.6) is 0 Å². The molecule has 1 aliphatic rings. The first-order chi connectivity index (χ1) is 7.88. The van der Waals surface area contributed by atoms with Crippen LogP contribution in [0.15, 0.2) is 0 Å². The van der Waals surface area contributed by atoms with Crippen LogP contribution in [0.1, 0.15) is 40.5 Å². The van der Waals surface area contributed by atoms with Crippen LogP contribution in [0.3, 0.4) is 0 Å². The number of rotatable bonds is 5. The van der Waals surface area contributed by atoms with E-state index in [9.17, 15) is 8.42 Å². The largest absolute Gasteiger partial charge is 0.311 e. The Hall–Kier alpha value is -0.130. The fourth-order valence-electron chi connectivity index (χ4n) is 2.14. The molecule has 17 heavy (non-hydrogen) atoms. The van der Waals surface area contributed by atoms with Crippen molar-refractivity contribution >= 4 is 10.0 Å². The number of hydrogen-bond acceptors (Lipinski definition) is 3. The van der Waals surface area contributed by atoms with Gasteiger partial charge in [-0.1, -0.05) is 27.2 Å². The van der Waals surface area contributed by atoms with Crippen molar-refractivity contribution in [1.29, 1.82) is 0 Å². The fourth-order valence-corrected chi connectivity index (χ4v) is 4.04. The zero-order valence-corrected chi connectivity index (χ0v) is 12.3. The third-order valence-corrected chi connectivity index (χ3v) is 5.49. The van der Waals surface area contributed by atoms with Crippen molar-refractivity contribution in [3.63, 3.8) is 0 Å². The molecule has 0 radical (unpaired) electrons. The maximum atomic E-state index is 12.2. The average Bonchev–Trinajstić information content (AvgIpc) is 2.26. The third-order valence-electron chi connectivity index (χ3n) is 3.46. The Labute approximate surface area is 106 Å². The molecule has 5 heteroatoms. The van der Waals surface area contributed by atoms with Crippen LogP contribution >= 0.6 is 0 Å². The summed E-state index contributed by atoms with van der Waals surface area (Å²) >= 11 is 0. The van der Waals surface area contributed by atoms with Crippen LogP contribution in [0.25, 0.3) is 0 Å². The minimum Gasteiger partial charge on any atom is -0.311 e. The van der Waals surface area contributed by atoms with Crippen LogP contribution < -0.4 is 5.32 Å². The Balaban J connectivity index is 2.72. The predicted octanol–water partition coefficient (Wildman–Crippen LogP) is 1.43. The molecule has 102 valence electrons. The number of unbranched alkanes of at least 4 members (excludes halogenated alkanes) is 1. The standard InChI is InChI=1S/C12H26N2O2S/c1-5-6-7-17(15,16)14-9-12(10(2)3)13-8-11(14)4/h10-13H,5-9H2,1-4H3. The highest BCUT2D eigenvalue weighted by Gasteiger charge is 2.33. The normalized spacial score (nSPS) is 27.6. The molecule has 1 rings (SSSR count). The lowest BCUT2D eigenvalue weighted by atomic mass is 10.0. The van der Waals surface area contributed by atoms with E-state index in [2.05, 4.69) is 19.2 Å². The highest BCUT2D eigenvalue weighted by atomic mass is 32.2. The second kappa shape index (κ2) is 6.16. The van der Waals surface area contributed by atoms with Crippen molar-refractivity contribution in [2.24, 2.45) is 5.92 Å². The highest BCUT2D eigenvalue weighted by molar-refractivity contribution is 7.89. The van der Waals surface area contributed by atoms with Gasteiger partial charge in [0.05, 0.1) is 5.75 Å². The molecule has 1 N–H and O–H groups in total. The molecule has 0 amide bonds. The summed E-state index contributed by atoms with van der Waals surface area (Å²) in [4.78, 5) is 0. The van der Waals surface area contributed by atoms with Gasteiger partial charge in [0.1, 0.15) is 0 Å². The summed E-state index contributed by atoms with van der Waals surface area (Å²) in [6.45, 7) is 9.63. The summed E-state index contributed by atoms with van der Waals surface area (Å²) in [7, 11) is -3.07. The van der Waals surface area contributed by atoms with Crippen LogP contribution in [0, 0.1) is 5.92 Å². The van der Waals surface area contributed by atoms with Crippen molar-refractivity contribution in [3.05, 3.63) is 0 Å². The van der Waals surface area contributed by atoms with Gasteiger partial charge in [0.25, 0.3) is 0 Å². The van der Waals surface area contributed by atoms with Crippen molar-refractivity contribution in [1.82, 2.24) is 9.62 Å². The molecule has 1 saturated heterocycles. The first-order valence-electron chi connectivity index (χ1n) is 6.61. The summed E-state index contributed by atoms with van der Waals surface area (Å²) in [6.07, 6.45) is 1.68. The van der Waals surface area contributed by atoms with E-state index >= 15 is 0 Å². The van der Waals surface area contributed by atoms with Crippen LogP contribution in [-0.2, 0) is 10.0 Å². The van der Waals surface area contributed by atoms with E-state index in [4.69, 9.17) is 0 Å². The smallest absolute Gasteiger partial charge is 0.214 e. The second-order valence-corrected chi connectivity index (χ2v) is 7.39. The Morgan fingerprint density at radius 2 is 2.06 bits per heavy atom. The molecule has 0 saturated carbocycles. The molecular formula is C12H26N2O2S. The SMILES string of the molecule is CCCCS(=O)(=O)N1CC(C(C)C)NCC1C. The molecular weight excluding hydrogens is 236 g/mol. The highest BCUT2D eigenvalue weighted by Crippen LogP contribution is 2.17. The Morgan fingerprint density at radius 1 is 1.41 bits per heavy atom. The van der Waals surface area contributed by atoms with E-state index in [0.29, 0.717) is 18.2 Å². The molecule has 2 unspecified atom stereocenters. The summed E-state index contributed by atoms with van der Waals surface area (Å²) < 4.78 is 26.1. The molecule has 0 bridgehead atoms. The molecule has 0 aliphatic carbocycles. The van der Waals surface area contributed by atoms with Crippen molar-refractivity contribution < 1.29 is 8.42 Å². The van der Waals surface area contributed by atoms with Gasteiger partial charge in [0, 0.05) is 25.2 Å². The Kier molecular flexibility index (Phi) is 5.41. The summed E-state index contributed by atoms with van der Waals surface area (Å²) in [5.74, 6) is 0.755. The zero-order valence-electron chi connectivity index (χ0n) is 11.4. The molecule has 1 fully saturated rings. The van der Waals surface area contributed by atoms with Gasteiger partial charge in [-0.25, -0.2) is 8.42 Å². The van der Waals surface area contributed by atoms with E-state index in [0.717, 1.165) is 19.4 Å². The molecule has 0 aromatic carbocycles. The molecule has 2 atom stereocenters. The van der Waals surface area contributed by atoms with Gasteiger partial charge in [-0.05, 0) is 19.3 Å². The molecule has 1 heterocycles. The third kappa shape index (κ3) is 3.93. The van der Waals surface area contributed by atoms with E-state index in [1.807, 2.05) is 13.8 Å². The lowest BCUT2D eigenvalue weighted by Crippen LogP contribution is -2.59. The monoisotopic (exact) mass is 262 g/mol. The number of hydrogen-bond donors (Lipinski definition) is 1. The molecule has 0 aromatic heterocycles. The molecule has 1 aliphatic heterocycles. The lowest BCUT2D eigenvalue weighted by Gasteiger charge is -2.39. The quantitative estimate of drug-likeness (QED) is 0.815. The van der Waals surface area contributed by atoms with E-state index in [-0.39, 0.29) is 12.1 Å². The minimum absolute atomic E-state index is 0.0758. The number of piperazine rings is 1. The summed E-state index contributed by atoms with van der Waals surface area (Å²) in [5, 5.41) is 3.42. The summed E-state index contributed by atoms with van der Waals surface area (Å²) in [6, 6.07) is 0.356. The van der Waals surface area contributed by atoms with Crippen molar-refractivity contribution in [2.45, 2.75) is 52.6 Å². The van der Waals surface area contributed by atoms with Gasteiger partial charge in [-0.15, -0.1) is 0 Å². The average molecular weight is 262 g/mol. The lowest BCUT2D eigenvalue weighted by molar-refractivity contribution is 0.206. The summed E-state index contributed by atoms with van der Waals surface area (Å²) in [5.41, 5.74) is 0. The van der Waals surface area contributed by atoms with E-state index < -0.39 is 10.0 Å². The first-order valence-corrected chi connectivity index (χ1v) is 8.22. The maximum Gasteiger partial charge on any atom is 0.214 e. The van der Waals surface area contributed by atoms with Gasteiger partial charge < -0.3 is 5.32 Å². The first kappa shape index (κ1) is 14.9. The molecule has 4 nitrogen and oxygen atoms in total. The second-order valence-electron chi connectivity index (χ2n) is 5.35. The Bertz CT molecular complexity index is 327. The molecule has 0 spiro atoms. The minimum atomic E-state index is -3.07. The van der Waals surface area contributed by atoms with Gasteiger partial charge >= 0.3 is 0 Å². The Morgan fingerprint density at radius 3 is 2.59 bits per heavy atom. The number of sulfonamides is 1. The topological polar surface area (TPSA) is 49.4 Å². The zero-order chi connectivity index (χ0) is 13.1. The van der Waals surface area contributed by atoms with Gasteiger partial charge in [0.15, 0.2) is 0 Å². The van der Waals surface area contributed by atoms with Gasteiger partial charge in [-0.3, -0.25) is 0 Å². The van der Waals surface area contributed by atoms with Crippen LogP contribution in [0.2, 0.25) is 0 Å².